The maximum atomic E-state index is 12.6. The number of hydrogen-bond donors (Lipinski definition) is 1. The van der Waals surface area contributed by atoms with Gasteiger partial charge in [-0.3, -0.25) is 0 Å². The molecule has 2 aromatic carbocycles. The lowest BCUT2D eigenvalue weighted by Crippen LogP contribution is -2.45. The van der Waals surface area contributed by atoms with Gasteiger partial charge in [0.2, 0.25) is 0 Å². The van der Waals surface area contributed by atoms with Gasteiger partial charge in [0.25, 0.3) is 0 Å². The molecule has 27 heavy (non-hydrogen) atoms. The fourth-order valence-electron chi connectivity index (χ4n) is 4.48. The number of carbonyl (C=O) groups is 1. The van der Waals surface area contributed by atoms with Gasteiger partial charge in [-0.2, -0.15) is 0 Å². The van der Waals surface area contributed by atoms with E-state index >= 15 is 0 Å². The van der Waals surface area contributed by atoms with Gasteiger partial charge in [0, 0.05) is 30.7 Å². The minimum absolute atomic E-state index is 0.234. The van der Waals surface area contributed by atoms with E-state index in [1.165, 1.54) is 16.8 Å². The summed E-state index contributed by atoms with van der Waals surface area (Å²) in [6, 6.07) is 12.3. The minimum atomic E-state index is -0.234. The number of aryl methyl sites for hydroxylation is 1. The second-order valence-corrected chi connectivity index (χ2v) is 7.45. The van der Waals surface area contributed by atoms with Gasteiger partial charge in [0.1, 0.15) is 12.4 Å². The molecule has 0 unspecified atom stereocenters. The molecule has 2 aliphatic heterocycles. The van der Waals surface area contributed by atoms with Crippen LogP contribution in [0.4, 0.5) is 10.5 Å². The maximum Gasteiger partial charge on any atom is 0.410 e. The minimum Gasteiger partial charge on any atom is -0.496 e. The number of fused-ring (bicyclic) bond motifs is 3. The molecule has 5 heteroatoms. The van der Waals surface area contributed by atoms with Gasteiger partial charge in [-0.25, -0.2) is 4.79 Å². The third-order valence-corrected chi connectivity index (χ3v) is 5.75. The fraction of sp³-hybridized carbons (Fsp3) is 0.409. The molecule has 2 atom stereocenters. The highest BCUT2D eigenvalue weighted by Crippen LogP contribution is 2.45. The van der Waals surface area contributed by atoms with E-state index in [0.29, 0.717) is 25.7 Å². The monoisotopic (exact) mass is 366 g/mol. The molecular weight excluding hydrogens is 340 g/mol. The van der Waals surface area contributed by atoms with Crippen LogP contribution in [-0.2, 0) is 11.3 Å². The van der Waals surface area contributed by atoms with Crippen LogP contribution in [0.15, 0.2) is 36.4 Å². The van der Waals surface area contributed by atoms with Crippen molar-refractivity contribution in [3.05, 3.63) is 58.7 Å². The van der Waals surface area contributed by atoms with Crippen LogP contribution in [0.5, 0.6) is 5.75 Å². The van der Waals surface area contributed by atoms with Crippen LogP contribution < -0.4 is 10.1 Å². The summed E-state index contributed by atoms with van der Waals surface area (Å²) in [5.74, 6) is 1.22. The number of anilines is 1. The first-order chi connectivity index (χ1) is 13.1. The predicted octanol–water partition coefficient (Wildman–Crippen LogP) is 4.23. The third-order valence-electron chi connectivity index (χ3n) is 5.75. The molecule has 2 heterocycles. The Hall–Kier alpha value is -2.69. The van der Waals surface area contributed by atoms with Crippen molar-refractivity contribution in [2.45, 2.75) is 38.8 Å². The molecule has 0 radical (unpaired) electrons. The van der Waals surface area contributed by atoms with E-state index in [-0.39, 0.29) is 12.0 Å². The summed E-state index contributed by atoms with van der Waals surface area (Å²) >= 11 is 0. The van der Waals surface area contributed by atoms with Crippen LogP contribution in [0.1, 0.15) is 34.6 Å². The highest BCUT2D eigenvalue weighted by molar-refractivity contribution is 5.71. The molecule has 0 bridgehead atoms. The molecule has 2 aromatic rings. The first kappa shape index (κ1) is 17.7. The van der Waals surface area contributed by atoms with Gasteiger partial charge in [-0.15, -0.1) is 0 Å². The molecule has 1 saturated heterocycles. The van der Waals surface area contributed by atoms with Gasteiger partial charge in [-0.1, -0.05) is 30.3 Å². The molecule has 0 aliphatic carbocycles. The van der Waals surface area contributed by atoms with E-state index in [1.807, 2.05) is 35.2 Å². The highest BCUT2D eigenvalue weighted by atomic mass is 16.6. The SMILES string of the molecule is COc1c(C)cc2c(c1C)[C@@H]1CN(C(=O)OCc3ccccc3)CC[C@@H]1N2. The van der Waals surface area contributed by atoms with Crippen molar-refractivity contribution in [2.24, 2.45) is 0 Å². The second-order valence-electron chi connectivity index (χ2n) is 7.45. The van der Waals surface area contributed by atoms with Gasteiger partial charge in [-0.05, 0) is 48.6 Å². The third kappa shape index (κ3) is 3.22. The number of benzene rings is 2. The summed E-state index contributed by atoms with van der Waals surface area (Å²) in [5.41, 5.74) is 5.78. The van der Waals surface area contributed by atoms with Crippen molar-refractivity contribution in [1.82, 2.24) is 4.90 Å². The largest absolute Gasteiger partial charge is 0.496 e. The van der Waals surface area contributed by atoms with Crippen molar-refractivity contribution in [2.75, 3.05) is 25.5 Å². The van der Waals surface area contributed by atoms with Crippen LogP contribution in [0.3, 0.4) is 0 Å². The molecule has 1 amide bonds. The molecule has 0 aromatic heterocycles. The zero-order valence-electron chi connectivity index (χ0n) is 16.1. The van der Waals surface area contributed by atoms with Gasteiger partial charge in [0.15, 0.2) is 0 Å². The number of likely N-dealkylation sites (tertiary alicyclic amines) is 1. The lowest BCUT2D eigenvalue weighted by molar-refractivity contribution is 0.0850. The number of methoxy groups -OCH3 is 1. The van der Waals surface area contributed by atoms with E-state index in [1.54, 1.807) is 7.11 Å². The molecule has 0 spiro atoms. The first-order valence-electron chi connectivity index (χ1n) is 9.48. The van der Waals surface area contributed by atoms with Gasteiger partial charge < -0.3 is 19.7 Å². The van der Waals surface area contributed by atoms with Gasteiger partial charge >= 0.3 is 6.09 Å². The second kappa shape index (κ2) is 7.14. The smallest absolute Gasteiger partial charge is 0.410 e. The molecule has 0 saturated carbocycles. The van der Waals surface area contributed by atoms with E-state index in [4.69, 9.17) is 9.47 Å². The summed E-state index contributed by atoms with van der Waals surface area (Å²) < 4.78 is 11.1. The number of carbonyl (C=O) groups excluding carboxylic acids is 1. The zero-order chi connectivity index (χ0) is 19.0. The summed E-state index contributed by atoms with van der Waals surface area (Å²) in [4.78, 5) is 14.4. The van der Waals surface area contributed by atoms with Crippen molar-refractivity contribution in [3.8, 4) is 5.75 Å². The van der Waals surface area contributed by atoms with Gasteiger partial charge in [0.05, 0.1) is 7.11 Å². The number of nitrogens with zero attached hydrogens (tertiary/aromatic N) is 1. The van der Waals surface area contributed by atoms with Crippen LogP contribution in [0, 0.1) is 13.8 Å². The molecule has 2 aliphatic rings. The summed E-state index contributed by atoms with van der Waals surface area (Å²) in [6.07, 6.45) is 0.683. The highest BCUT2D eigenvalue weighted by Gasteiger charge is 2.40. The average Bonchev–Trinajstić information content (AvgIpc) is 3.04. The normalized spacial score (nSPS) is 20.5. The number of nitrogens with one attached hydrogen (secondary N) is 1. The van der Waals surface area contributed by atoms with Crippen molar-refractivity contribution in [3.63, 3.8) is 0 Å². The Kier molecular flexibility index (Phi) is 4.68. The lowest BCUT2D eigenvalue weighted by atomic mass is 9.86. The Morgan fingerprint density at radius 2 is 2.04 bits per heavy atom. The first-order valence-corrected chi connectivity index (χ1v) is 9.48. The quantitative estimate of drug-likeness (QED) is 0.883. The van der Waals surface area contributed by atoms with Crippen LogP contribution in [-0.4, -0.2) is 37.2 Å². The van der Waals surface area contributed by atoms with Crippen LogP contribution >= 0.6 is 0 Å². The summed E-state index contributed by atoms with van der Waals surface area (Å²) in [7, 11) is 1.72. The Labute approximate surface area is 160 Å². The number of hydrogen-bond acceptors (Lipinski definition) is 4. The topological polar surface area (TPSA) is 50.8 Å². The number of piperidine rings is 1. The van der Waals surface area contributed by atoms with Crippen LogP contribution in [0.2, 0.25) is 0 Å². The molecule has 142 valence electrons. The van der Waals surface area contributed by atoms with Crippen LogP contribution in [0.25, 0.3) is 0 Å². The zero-order valence-corrected chi connectivity index (χ0v) is 16.1. The molecule has 4 rings (SSSR count). The van der Waals surface area contributed by atoms with Crippen molar-refractivity contribution in [1.29, 1.82) is 0 Å². The molecular formula is C22H26N2O3. The Morgan fingerprint density at radius 1 is 1.26 bits per heavy atom. The Balaban J connectivity index is 1.49. The number of rotatable bonds is 3. The van der Waals surface area contributed by atoms with Crippen molar-refractivity contribution < 1.29 is 14.3 Å². The molecule has 1 N–H and O–H groups in total. The molecule has 1 fully saturated rings. The fourth-order valence-corrected chi connectivity index (χ4v) is 4.48. The van der Waals surface area contributed by atoms with E-state index < -0.39 is 0 Å². The predicted molar refractivity (Wildman–Crippen MR) is 105 cm³/mol. The number of amides is 1. The van der Waals surface area contributed by atoms with E-state index in [0.717, 1.165) is 23.3 Å². The standard InChI is InChI=1S/C22H26N2O3/c1-14-11-19-20(15(2)21(14)26-3)17-12-24(10-9-18(17)23-19)22(25)27-13-16-7-5-4-6-8-16/h4-8,11,17-18,23H,9-10,12-13H2,1-3H3/t17-,18+/m1/s1. The Morgan fingerprint density at radius 3 is 2.78 bits per heavy atom. The summed E-state index contributed by atoms with van der Waals surface area (Å²) in [6.45, 7) is 5.88. The number of ether oxygens (including phenoxy) is 2. The molecule has 5 nitrogen and oxygen atoms in total. The summed E-state index contributed by atoms with van der Waals surface area (Å²) in [5, 5.41) is 3.65. The van der Waals surface area contributed by atoms with E-state index in [2.05, 4.69) is 25.2 Å². The van der Waals surface area contributed by atoms with E-state index in [9.17, 15) is 4.79 Å². The Bertz CT molecular complexity index is 850. The lowest BCUT2D eigenvalue weighted by Gasteiger charge is -2.34. The average molecular weight is 366 g/mol. The maximum absolute atomic E-state index is 12.6. The van der Waals surface area contributed by atoms with Crippen molar-refractivity contribution >= 4 is 11.8 Å².